The molecule has 0 N–H and O–H groups in total. The fourth-order valence-electron chi connectivity index (χ4n) is 1.19. The van der Waals surface area contributed by atoms with E-state index in [-0.39, 0.29) is 5.91 Å². The molecule has 2 heteroatoms. The van der Waals surface area contributed by atoms with Crippen LogP contribution < -0.4 is 0 Å². The lowest BCUT2D eigenvalue weighted by molar-refractivity contribution is -0.128. The van der Waals surface area contributed by atoms with Crippen LogP contribution >= 0.6 is 0 Å². The SMILES string of the molecule is C=C/C(C)=C\N(C(=O)CC)C1CC1.CC.CCC. The van der Waals surface area contributed by atoms with Crippen molar-refractivity contribution in [3.63, 3.8) is 0 Å². The first-order valence-corrected chi connectivity index (χ1v) is 7.22. The molecule has 106 valence electrons. The fraction of sp³-hybridized carbons (Fsp3) is 0.688. The van der Waals surface area contributed by atoms with Gasteiger partial charge in [-0.05, 0) is 25.3 Å². The minimum atomic E-state index is 0.212. The molecule has 0 aromatic heterocycles. The van der Waals surface area contributed by atoms with E-state index in [1.54, 1.807) is 6.08 Å². The third kappa shape index (κ3) is 9.03. The molecule has 0 unspecified atom stereocenters. The van der Waals surface area contributed by atoms with Gasteiger partial charge in [0.05, 0.1) is 0 Å². The van der Waals surface area contributed by atoms with E-state index < -0.39 is 0 Å². The molecule has 18 heavy (non-hydrogen) atoms. The molecule has 1 saturated carbocycles. The highest BCUT2D eigenvalue weighted by Gasteiger charge is 2.30. The third-order valence-corrected chi connectivity index (χ3v) is 2.20. The number of hydrogen-bond acceptors (Lipinski definition) is 1. The summed E-state index contributed by atoms with van der Waals surface area (Å²) in [5.41, 5.74) is 1.05. The number of carbonyl (C=O) groups is 1. The Hall–Kier alpha value is -1.05. The first-order valence-electron chi connectivity index (χ1n) is 7.22. The average Bonchev–Trinajstić information content (AvgIpc) is 3.22. The van der Waals surface area contributed by atoms with Crippen LogP contribution in [0, 0.1) is 0 Å². The Bertz CT molecular complexity index is 252. The van der Waals surface area contributed by atoms with Crippen molar-refractivity contribution in [2.75, 3.05) is 0 Å². The zero-order valence-electron chi connectivity index (χ0n) is 13.1. The highest BCUT2D eigenvalue weighted by molar-refractivity contribution is 5.77. The van der Waals surface area contributed by atoms with Crippen LogP contribution in [0.2, 0.25) is 0 Å². The van der Waals surface area contributed by atoms with E-state index in [4.69, 9.17) is 0 Å². The third-order valence-electron chi connectivity index (χ3n) is 2.20. The summed E-state index contributed by atoms with van der Waals surface area (Å²) in [4.78, 5) is 13.4. The summed E-state index contributed by atoms with van der Waals surface area (Å²) in [6.07, 6.45) is 7.81. The lowest BCUT2D eigenvalue weighted by Gasteiger charge is -2.17. The lowest BCUT2D eigenvalue weighted by atomic mass is 10.3. The van der Waals surface area contributed by atoms with Gasteiger partial charge in [-0.2, -0.15) is 0 Å². The maximum Gasteiger partial charge on any atom is 0.226 e. The highest BCUT2D eigenvalue weighted by atomic mass is 16.2. The molecule has 0 radical (unpaired) electrons. The Morgan fingerprint density at radius 2 is 1.72 bits per heavy atom. The molecular formula is C16H31NO. The molecule has 1 aliphatic rings. The van der Waals surface area contributed by atoms with Gasteiger partial charge in [0.2, 0.25) is 5.91 Å². The summed E-state index contributed by atoms with van der Waals surface area (Å²) < 4.78 is 0. The quantitative estimate of drug-likeness (QED) is 0.651. The Morgan fingerprint density at radius 3 is 2.00 bits per heavy atom. The number of nitrogens with zero attached hydrogens (tertiary/aromatic N) is 1. The Kier molecular flexibility index (Phi) is 13.3. The minimum absolute atomic E-state index is 0.212. The van der Waals surface area contributed by atoms with Crippen LogP contribution in [-0.2, 0) is 4.79 Å². The summed E-state index contributed by atoms with van der Waals surface area (Å²) in [5, 5.41) is 0. The van der Waals surface area contributed by atoms with Crippen molar-refractivity contribution in [2.24, 2.45) is 0 Å². The molecule has 0 spiro atoms. The summed E-state index contributed by atoms with van der Waals surface area (Å²) in [7, 11) is 0. The molecule has 1 fully saturated rings. The maximum absolute atomic E-state index is 11.5. The van der Waals surface area contributed by atoms with E-state index in [0.717, 1.165) is 18.4 Å². The first-order chi connectivity index (χ1) is 8.60. The zero-order valence-corrected chi connectivity index (χ0v) is 13.1. The van der Waals surface area contributed by atoms with E-state index in [9.17, 15) is 4.79 Å². The predicted octanol–water partition coefficient (Wildman–Crippen LogP) is 4.92. The zero-order chi connectivity index (χ0) is 14.6. The molecule has 0 aromatic rings. The monoisotopic (exact) mass is 253 g/mol. The smallest absolute Gasteiger partial charge is 0.226 e. The van der Waals surface area contributed by atoms with Crippen LogP contribution in [0.1, 0.15) is 67.2 Å². The molecule has 2 nitrogen and oxygen atoms in total. The van der Waals surface area contributed by atoms with Crippen LogP contribution in [0.5, 0.6) is 0 Å². The number of rotatable bonds is 4. The topological polar surface area (TPSA) is 20.3 Å². The lowest BCUT2D eigenvalue weighted by Crippen LogP contribution is -2.27. The van der Waals surface area contributed by atoms with Gasteiger partial charge in [0.25, 0.3) is 0 Å². The second-order valence-corrected chi connectivity index (χ2v) is 4.17. The van der Waals surface area contributed by atoms with Gasteiger partial charge < -0.3 is 4.90 Å². The van der Waals surface area contributed by atoms with Gasteiger partial charge in [-0.25, -0.2) is 0 Å². The van der Waals surface area contributed by atoms with Crippen molar-refractivity contribution >= 4 is 5.91 Å². The summed E-state index contributed by atoms with van der Waals surface area (Å²) in [6.45, 7) is 15.8. The number of hydrogen-bond donors (Lipinski definition) is 0. The first kappa shape index (κ1) is 19.3. The van der Waals surface area contributed by atoms with E-state index >= 15 is 0 Å². The molecule has 1 rings (SSSR count). The summed E-state index contributed by atoms with van der Waals surface area (Å²) >= 11 is 0. The number of amides is 1. The van der Waals surface area contributed by atoms with Crippen LogP contribution in [-0.4, -0.2) is 16.8 Å². The standard InChI is InChI=1S/C11H17NO.C3H8.C2H6/c1-4-9(3)8-12(10-6-7-10)11(13)5-2;1-3-2;1-2/h4,8,10H,1,5-7H2,2-3H3;3H2,1-2H3;1-2H3/b9-8-;;. The average molecular weight is 253 g/mol. The summed E-state index contributed by atoms with van der Waals surface area (Å²) in [6, 6.07) is 0.461. The van der Waals surface area contributed by atoms with Crippen molar-refractivity contribution in [1.82, 2.24) is 4.90 Å². The van der Waals surface area contributed by atoms with Crippen LogP contribution in [0.25, 0.3) is 0 Å². The minimum Gasteiger partial charge on any atom is -0.316 e. The van der Waals surface area contributed by atoms with Crippen LogP contribution in [0.4, 0.5) is 0 Å². The molecule has 1 aliphatic carbocycles. The van der Waals surface area contributed by atoms with Crippen molar-refractivity contribution in [1.29, 1.82) is 0 Å². The normalized spacial score (nSPS) is 13.6. The van der Waals surface area contributed by atoms with E-state index in [1.807, 2.05) is 38.8 Å². The van der Waals surface area contributed by atoms with Gasteiger partial charge in [0.15, 0.2) is 0 Å². The van der Waals surface area contributed by atoms with Crippen molar-refractivity contribution < 1.29 is 4.79 Å². The molecular weight excluding hydrogens is 222 g/mol. The summed E-state index contributed by atoms with van der Waals surface area (Å²) in [5.74, 6) is 0.212. The Morgan fingerprint density at radius 1 is 1.28 bits per heavy atom. The van der Waals surface area contributed by atoms with Crippen LogP contribution in [0.15, 0.2) is 24.4 Å². The van der Waals surface area contributed by atoms with Crippen molar-refractivity contribution in [3.8, 4) is 0 Å². The van der Waals surface area contributed by atoms with Crippen LogP contribution in [0.3, 0.4) is 0 Å². The van der Waals surface area contributed by atoms with E-state index in [2.05, 4.69) is 20.4 Å². The molecule has 0 saturated heterocycles. The largest absolute Gasteiger partial charge is 0.316 e. The fourth-order valence-corrected chi connectivity index (χ4v) is 1.19. The number of allylic oxidation sites excluding steroid dienone is 2. The second-order valence-electron chi connectivity index (χ2n) is 4.17. The molecule has 0 aliphatic heterocycles. The molecule has 1 amide bonds. The molecule has 0 aromatic carbocycles. The Balaban J connectivity index is 0. The van der Waals surface area contributed by atoms with Gasteiger partial charge >= 0.3 is 0 Å². The van der Waals surface area contributed by atoms with Gasteiger partial charge in [0, 0.05) is 18.7 Å². The maximum atomic E-state index is 11.5. The molecule has 0 atom stereocenters. The van der Waals surface area contributed by atoms with E-state index in [0.29, 0.717) is 12.5 Å². The van der Waals surface area contributed by atoms with Gasteiger partial charge in [-0.1, -0.05) is 53.7 Å². The van der Waals surface area contributed by atoms with Gasteiger partial charge in [0.1, 0.15) is 0 Å². The second kappa shape index (κ2) is 12.4. The van der Waals surface area contributed by atoms with E-state index in [1.165, 1.54) is 6.42 Å². The van der Waals surface area contributed by atoms with Gasteiger partial charge in [-0.15, -0.1) is 0 Å². The van der Waals surface area contributed by atoms with Crippen molar-refractivity contribution in [2.45, 2.75) is 73.3 Å². The predicted molar refractivity (Wildman–Crippen MR) is 81.4 cm³/mol. The highest BCUT2D eigenvalue weighted by Crippen LogP contribution is 2.28. The van der Waals surface area contributed by atoms with Gasteiger partial charge in [-0.3, -0.25) is 4.79 Å². The van der Waals surface area contributed by atoms with Crippen molar-refractivity contribution in [3.05, 3.63) is 24.4 Å². The number of carbonyl (C=O) groups excluding carboxylic acids is 1. The molecule has 0 bridgehead atoms. The molecule has 0 heterocycles. The Labute approximate surface area is 114 Å².